The van der Waals surface area contributed by atoms with Crippen LogP contribution in [-0.2, 0) is 42.8 Å². The number of ether oxygens (including phenoxy) is 6. The van der Waals surface area contributed by atoms with E-state index in [0.717, 1.165) is 71.1 Å². The number of amides is 2. The fourth-order valence-corrected chi connectivity index (χ4v) is 11.3. The molecular weight excluding hydrogens is 1120 g/mol. The van der Waals surface area contributed by atoms with E-state index in [-0.39, 0.29) is 12.3 Å². The molecule has 23 heteroatoms. The maximum Gasteiger partial charge on any atom is 0.364 e. The van der Waals surface area contributed by atoms with Crippen molar-refractivity contribution in [2.75, 3.05) is 26.4 Å². The molecule has 0 aliphatic carbocycles. The average Bonchev–Trinajstić information content (AvgIpc) is 0.920. The predicted molar refractivity (Wildman–Crippen MR) is 320 cm³/mol. The molecule has 0 aromatic carbocycles. The quantitative estimate of drug-likeness (QED) is 0.0294. The van der Waals surface area contributed by atoms with Crippen LogP contribution in [0.1, 0.15) is 220 Å². The molecule has 0 aromatic rings. The number of carbonyl (C=O) groups is 3. The van der Waals surface area contributed by atoms with Gasteiger partial charge in [0.25, 0.3) is 5.79 Å². The lowest BCUT2D eigenvalue weighted by Crippen LogP contribution is -2.70. The van der Waals surface area contributed by atoms with Crippen molar-refractivity contribution in [2.24, 2.45) is 0 Å². The van der Waals surface area contributed by atoms with Gasteiger partial charge in [-0.1, -0.05) is 186 Å². The van der Waals surface area contributed by atoms with Crippen LogP contribution in [0.15, 0.2) is 24.3 Å². The molecule has 0 aromatic heterocycles. The van der Waals surface area contributed by atoms with Gasteiger partial charge < -0.3 is 100 Å². The largest absolute Gasteiger partial charge is 0.477 e. The third-order valence-corrected chi connectivity index (χ3v) is 16.6. The smallest absolute Gasteiger partial charge is 0.364 e. The standard InChI is InChI=1S/C63H114N2O21/c1-4-6-8-10-12-14-16-17-18-19-20-21-22-23-24-25-26-27-28-30-32-34-36-45(70)44(65-50(73)37-35-33-31-29-15-13-11-9-7-5-2)42-81-60-55(77)54(76)57(49(41-68)83-60)84-61-56(78)59(53(75)48(40-67)82-61)86-63(62(79)80)38-46(71)51(64-43(3)69)58(85-63)52(74)47(72)39-66/h11,13,34,36,44-49,51-61,66-68,70-72,74-78H,4-10,12,14-33,35,37-42H2,1-3H3,(H,64,69)(H,65,73)(H,79,80)/b13-11-,36-34+. The fraction of sp³-hybridized carbons (Fsp3) is 0.889. The Morgan fingerprint density at radius 1 is 0.605 bits per heavy atom. The molecule has 3 aliphatic heterocycles. The van der Waals surface area contributed by atoms with Crippen LogP contribution in [0.3, 0.4) is 0 Å². The van der Waals surface area contributed by atoms with Crippen molar-refractivity contribution in [3.63, 3.8) is 0 Å². The van der Waals surface area contributed by atoms with E-state index in [9.17, 15) is 75.7 Å². The van der Waals surface area contributed by atoms with Gasteiger partial charge in [0, 0.05) is 19.8 Å². The lowest BCUT2D eigenvalue weighted by atomic mass is 9.88. The molecule has 3 fully saturated rings. The highest BCUT2D eigenvalue weighted by Crippen LogP contribution is 2.38. The lowest BCUT2D eigenvalue weighted by molar-refractivity contribution is -0.386. The molecule has 23 nitrogen and oxygen atoms in total. The number of nitrogens with one attached hydrogen (secondary N) is 2. The van der Waals surface area contributed by atoms with Gasteiger partial charge in [-0.3, -0.25) is 9.59 Å². The first-order valence-corrected chi connectivity index (χ1v) is 32.7. The first kappa shape index (κ1) is 77.5. The number of unbranched alkanes of at least 4 members (excludes halogenated alkanes) is 26. The maximum absolute atomic E-state index is 13.3. The van der Waals surface area contributed by atoms with Gasteiger partial charge in [-0.25, -0.2) is 4.79 Å². The van der Waals surface area contributed by atoms with Gasteiger partial charge >= 0.3 is 5.97 Å². The summed E-state index contributed by atoms with van der Waals surface area (Å²) >= 11 is 0. The number of carboxylic acids is 1. The molecular formula is C63H114N2O21. The van der Waals surface area contributed by atoms with E-state index in [4.69, 9.17) is 28.4 Å². The van der Waals surface area contributed by atoms with Crippen molar-refractivity contribution < 1.29 is 104 Å². The molecule has 0 saturated carbocycles. The topological polar surface area (TPSA) is 373 Å². The number of aliphatic carboxylic acids is 1. The molecule has 502 valence electrons. The average molecular weight is 1240 g/mol. The summed E-state index contributed by atoms with van der Waals surface area (Å²) in [7, 11) is 0. The minimum Gasteiger partial charge on any atom is -0.477 e. The molecule has 2 amide bonds. The third-order valence-electron chi connectivity index (χ3n) is 16.6. The fourth-order valence-electron chi connectivity index (χ4n) is 11.3. The van der Waals surface area contributed by atoms with Crippen LogP contribution in [0.25, 0.3) is 0 Å². The maximum atomic E-state index is 13.3. The molecule has 18 unspecified atom stereocenters. The van der Waals surface area contributed by atoms with E-state index in [1.807, 2.05) is 6.08 Å². The number of rotatable bonds is 48. The van der Waals surface area contributed by atoms with Crippen molar-refractivity contribution in [2.45, 2.75) is 330 Å². The highest BCUT2D eigenvalue weighted by Gasteiger charge is 2.60. The van der Waals surface area contributed by atoms with E-state index in [0.29, 0.717) is 12.8 Å². The highest BCUT2D eigenvalue weighted by atomic mass is 16.8. The van der Waals surface area contributed by atoms with Gasteiger partial charge in [0.15, 0.2) is 12.6 Å². The summed E-state index contributed by atoms with van der Waals surface area (Å²) in [6.07, 6.45) is 12.6. The molecule has 0 spiro atoms. The molecule has 0 bridgehead atoms. The summed E-state index contributed by atoms with van der Waals surface area (Å²) in [5.41, 5.74) is 0. The van der Waals surface area contributed by atoms with Crippen LogP contribution in [0.4, 0.5) is 0 Å². The molecule has 86 heavy (non-hydrogen) atoms. The van der Waals surface area contributed by atoms with Gasteiger partial charge in [-0.2, -0.15) is 0 Å². The summed E-state index contributed by atoms with van der Waals surface area (Å²) < 4.78 is 34.7. The first-order valence-electron chi connectivity index (χ1n) is 32.7. The minimum atomic E-state index is -3.08. The van der Waals surface area contributed by atoms with E-state index in [2.05, 4.69) is 36.6 Å². The monoisotopic (exact) mass is 1230 g/mol. The SMILES string of the molecule is CCCC/C=C\CCCCCCC(=O)NC(COC1OC(CO)C(OC2OC(CO)C(O)C(OC3(C(=O)O)CC(O)C(NC(C)=O)C(C(O)C(O)CO)O3)C2O)C(O)C1O)C(O)/C=C/CCCCCCCCCCCCCCCCCCCCCC. The van der Waals surface area contributed by atoms with E-state index >= 15 is 0 Å². The van der Waals surface area contributed by atoms with Gasteiger partial charge in [-0.15, -0.1) is 0 Å². The molecule has 18 atom stereocenters. The Bertz CT molecular complexity index is 1850. The number of hydrogen-bond acceptors (Lipinski definition) is 20. The number of aliphatic hydroxyl groups is 11. The first-order chi connectivity index (χ1) is 41.4. The molecule has 0 radical (unpaired) electrons. The van der Waals surface area contributed by atoms with Crippen molar-refractivity contribution in [1.82, 2.24) is 10.6 Å². The number of aliphatic hydroxyl groups excluding tert-OH is 11. The predicted octanol–water partition coefficient (Wildman–Crippen LogP) is 4.50. The van der Waals surface area contributed by atoms with E-state index in [1.165, 1.54) is 109 Å². The van der Waals surface area contributed by atoms with Crippen molar-refractivity contribution in [3.05, 3.63) is 24.3 Å². The summed E-state index contributed by atoms with van der Waals surface area (Å²) in [5, 5.41) is 136. The van der Waals surface area contributed by atoms with Gasteiger partial charge in [0.05, 0.1) is 50.7 Å². The Labute approximate surface area is 511 Å². The molecule has 3 heterocycles. The zero-order valence-corrected chi connectivity index (χ0v) is 51.9. The summed E-state index contributed by atoms with van der Waals surface area (Å²) in [5.74, 6) is -6.16. The number of carbonyl (C=O) groups excluding carboxylic acids is 2. The van der Waals surface area contributed by atoms with Crippen LogP contribution in [0, 0.1) is 0 Å². The van der Waals surface area contributed by atoms with Crippen molar-refractivity contribution >= 4 is 17.8 Å². The zero-order chi connectivity index (χ0) is 63.3. The zero-order valence-electron chi connectivity index (χ0n) is 51.9. The highest BCUT2D eigenvalue weighted by molar-refractivity contribution is 5.77. The van der Waals surface area contributed by atoms with Crippen molar-refractivity contribution in [3.8, 4) is 0 Å². The Balaban J connectivity index is 1.61. The summed E-state index contributed by atoms with van der Waals surface area (Å²) in [6, 6.07) is -2.62. The van der Waals surface area contributed by atoms with Crippen LogP contribution in [-0.4, -0.2) is 215 Å². The second-order valence-electron chi connectivity index (χ2n) is 24.0. The van der Waals surface area contributed by atoms with E-state index in [1.54, 1.807) is 6.08 Å². The van der Waals surface area contributed by atoms with Gasteiger partial charge in [0.1, 0.15) is 67.1 Å². The number of carboxylic acid groups (broad SMARTS) is 1. The lowest BCUT2D eigenvalue weighted by Gasteiger charge is -2.50. The molecule has 3 saturated heterocycles. The molecule has 3 aliphatic rings. The van der Waals surface area contributed by atoms with Crippen LogP contribution >= 0.6 is 0 Å². The number of hydrogen-bond donors (Lipinski definition) is 14. The van der Waals surface area contributed by atoms with Crippen LogP contribution in [0.5, 0.6) is 0 Å². The van der Waals surface area contributed by atoms with Crippen LogP contribution in [0.2, 0.25) is 0 Å². The molecule has 14 N–H and O–H groups in total. The minimum absolute atomic E-state index is 0.185. The Morgan fingerprint density at radius 2 is 1.10 bits per heavy atom. The van der Waals surface area contributed by atoms with Crippen LogP contribution < -0.4 is 10.6 Å². The Morgan fingerprint density at radius 3 is 1.62 bits per heavy atom. The van der Waals surface area contributed by atoms with Gasteiger partial charge in [0.2, 0.25) is 11.8 Å². The second-order valence-corrected chi connectivity index (χ2v) is 24.0. The second kappa shape index (κ2) is 44.6. The summed E-state index contributed by atoms with van der Waals surface area (Å²) in [6.45, 7) is 2.06. The number of allylic oxidation sites excluding steroid dienone is 3. The third kappa shape index (κ3) is 27.8. The molecule has 3 rings (SSSR count). The Kier molecular flexibility index (Phi) is 40.2. The van der Waals surface area contributed by atoms with Gasteiger partial charge in [-0.05, 0) is 38.5 Å². The Hall–Kier alpha value is -2.79. The normalized spacial score (nSPS) is 29.5. The summed E-state index contributed by atoms with van der Waals surface area (Å²) in [4.78, 5) is 38.4. The van der Waals surface area contributed by atoms with E-state index < -0.39 is 155 Å². The van der Waals surface area contributed by atoms with Crippen molar-refractivity contribution in [1.29, 1.82) is 0 Å².